The number of rotatable bonds is 6. The maximum atomic E-state index is 14.2. The molecule has 0 bridgehead atoms. The van der Waals surface area contributed by atoms with Crippen molar-refractivity contribution < 1.29 is 22.8 Å². The van der Waals surface area contributed by atoms with Gasteiger partial charge in [0.2, 0.25) is 5.91 Å². The highest BCUT2D eigenvalue weighted by molar-refractivity contribution is 6.01. The average molecular weight is 416 g/mol. The molecule has 0 N–H and O–H groups in total. The molecule has 4 rings (SSSR count). The summed E-state index contributed by atoms with van der Waals surface area (Å²) in [6.07, 6.45) is 3.75. The van der Waals surface area contributed by atoms with Crippen molar-refractivity contribution in [2.45, 2.75) is 44.8 Å². The van der Waals surface area contributed by atoms with Gasteiger partial charge in [-0.15, -0.1) is 0 Å². The van der Waals surface area contributed by atoms with Crippen LogP contribution in [0.5, 0.6) is 0 Å². The van der Waals surface area contributed by atoms with E-state index in [4.69, 9.17) is 4.84 Å². The standard InChI is InChI=1S/C23H23F3N2O2/c24-18-8-5-15(6-9-18)22-12-20(30-27-22)14-28(23(29)16-3-1-2-4-16)13-17-7-10-19(25)11-21(17)26/h5-11,16,20H,1-4,12-14H2/t20-/m0/s1. The number of hydrogen-bond acceptors (Lipinski definition) is 3. The summed E-state index contributed by atoms with van der Waals surface area (Å²) in [5.74, 6) is -1.76. The molecule has 7 heteroatoms. The summed E-state index contributed by atoms with van der Waals surface area (Å²) >= 11 is 0. The summed E-state index contributed by atoms with van der Waals surface area (Å²) in [6.45, 7) is 0.299. The molecule has 2 aromatic carbocycles. The van der Waals surface area contributed by atoms with E-state index in [0.29, 0.717) is 12.1 Å². The molecular weight excluding hydrogens is 393 g/mol. The number of halogens is 3. The van der Waals surface area contributed by atoms with Crippen LogP contribution in [0.25, 0.3) is 0 Å². The second kappa shape index (κ2) is 8.90. The molecule has 0 aromatic heterocycles. The van der Waals surface area contributed by atoms with E-state index in [0.717, 1.165) is 37.3 Å². The predicted octanol–water partition coefficient (Wildman–Crippen LogP) is 4.82. The van der Waals surface area contributed by atoms with Gasteiger partial charge in [0, 0.05) is 30.5 Å². The van der Waals surface area contributed by atoms with Crippen LogP contribution in [-0.4, -0.2) is 29.2 Å². The molecule has 0 saturated heterocycles. The summed E-state index contributed by atoms with van der Waals surface area (Å²) < 4.78 is 40.6. The van der Waals surface area contributed by atoms with Crippen LogP contribution in [0.3, 0.4) is 0 Å². The highest BCUT2D eigenvalue weighted by atomic mass is 19.1. The number of nitrogens with zero attached hydrogens (tertiary/aromatic N) is 2. The Kier molecular flexibility index (Phi) is 6.06. The molecule has 1 amide bonds. The Labute approximate surface area is 173 Å². The van der Waals surface area contributed by atoms with Gasteiger partial charge in [-0.2, -0.15) is 0 Å². The predicted molar refractivity (Wildman–Crippen MR) is 106 cm³/mol. The molecule has 1 atom stereocenters. The third-order valence-corrected chi connectivity index (χ3v) is 5.73. The normalized spacial score (nSPS) is 18.9. The van der Waals surface area contributed by atoms with Gasteiger partial charge in [0.15, 0.2) is 6.10 Å². The van der Waals surface area contributed by atoms with E-state index in [2.05, 4.69) is 5.16 Å². The van der Waals surface area contributed by atoms with E-state index < -0.39 is 11.6 Å². The van der Waals surface area contributed by atoms with Gasteiger partial charge in [0.25, 0.3) is 0 Å². The van der Waals surface area contributed by atoms with Crippen LogP contribution in [0.15, 0.2) is 47.6 Å². The van der Waals surface area contributed by atoms with Crippen molar-refractivity contribution in [3.05, 3.63) is 71.0 Å². The second-order valence-corrected chi connectivity index (χ2v) is 7.91. The number of oxime groups is 1. The molecule has 2 aromatic rings. The van der Waals surface area contributed by atoms with Gasteiger partial charge in [0.05, 0.1) is 12.3 Å². The van der Waals surface area contributed by atoms with Gasteiger partial charge in [0.1, 0.15) is 17.5 Å². The first-order chi connectivity index (χ1) is 14.5. The van der Waals surface area contributed by atoms with Crippen molar-refractivity contribution in [3.63, 3.8) is 0 Å². The molecule has 1 aliphatic carbocycles. The number of amides is 1. The minimum atomic E-state index is -0.671. The molecular formula is C23H23F3N2O2. The maximum absolute atomic E-state index is 14.2. The van der Waals surface area contributed by atoms with E-state index in [1.165, 1.54) is 24.3 Å². The van der Waals surface area contributed by atoms with Crippen LogP contribution in [0.2, 0.25) is 0 Å². The molecule has 0 radical (unpaired) electrons. The zero-order valence-corrected chi connectivity index (χ0v) is 16.5. The molecule has 1 aliphatic heterocycles. The van der Waals surface area contributed by atoms with E-state index in [1.54, 1.807) is 17.0 Å². The minimum absolute atomic E-state index is 0.0324. The van der Waals surface area contributed by atoms with Crippen LogP contribution in [0, 0.1) is 23.4 Å². The zero-order chi connectivity index (χ0) is 21.1. The first-order valence-electron chi connectivity index (χ1n) is 10.2. The molecule has 30 heavy (non-hydrogen) atoms. The number of benzene rings is 2. The summed E-state index contributed by atoms with van der Waals surface area (Å²) in [4.78, 5) is 20.2. The Morgan fingerprint density at radius 2 is 1.73 bits per heavy atom. The minimum Gasteiger partial charge on any atom is -0.390 e. The Morgan fingerprint density at radius 3 is 2.43 bits per heavy atom. The molecule has 0 unspecified atom stereocenters. The number of carbonyl (C=O) groups is 1. The van der Waals surface area contributed by atoms with Gasteiger partial charge in [-0.25, -0.2) is 13.2 Å². The van der Waals surface area contributed by atoms with Gasteiger partial charge in [-0.3, -0.25) is 4.79 Å². The van der Waals surface area contributed by atoms with Gasteiger partial charge in [-0.1, -0.05) is 36.2 Å². The third-order valence-electron chi connectivity index (χ3n) is 5.73. The van der Waals surface area contributed by atoms with E-state index in [-0.39, 0.29) is 42.4 Å². The smallest absolute Gasteiger partial charge is 0.226 e. The molecule has 2 aliphatic rings. The maximum Gasteiger partial charge on any atom is 0.226 e. The molecule has 1 fully saturated rings. The molecule has 4 nitrogen and oxygen atoms in total. The molecule has 158 valence electrons. The summed E-state index contributed by atoms with van der Waals surface area (Å²) in [5, 5.41) is 4.10. The monoisotopic (exact) mass is 416 g/mol. The van der Waals surface area contributed by atoms with Crippen molar-refractivity contribution in [1.82, 2.24) is 4.90 Å². The van der Waals surface area contributed by atoms with Crippen molar-refractivity contribution in [2.24, 2.45) is 11.1 Å². The first kappa shape index (κ1) is 20.4. The fourth-order valence-electron chi connectivity index (χ4n) is 4.10. The zero-order valence-electron chi connectivity index (χ0n) is 16.5. The summed E-state index contributed by atoms with van der Waals surface area (Å²) in [7, 11) is 0. The van der Waals surface area contributed by atoms with Crippen LogP contribution in [-0.2, 0) is 16.2 Å². The summed E-state index contributed by atoms with van der Waals surface area (Å²) in [5.41, 5.74) is 1.71. The number of carbonyl (C=O) groups excluding carboxylic acids is 1. The van der Waals surface area contributed by atoms with E-state index in [1.807, 2.05) is 0 Å². The van der Waals surface area contributed by atoms with Crippen LogP contribution in [0.4, 0.5) is 13.2 Å². The topological polar surface area (TPSA) is 41.9 Å². The fraction of sp³-hybridized carbons (Fsp3) is 0.391. The largest absolute Gasteiger partial charge is 0.390 e. The van der Waals surface area contributed by atoms with Crippen LogP contribution in [0.1, 0.15) is 43.2 Å². The Hall–Kier alpha value is -2.83. The lowest BCUT2D eigenvalue weighted by Crippen LogP contribution is -2.40. The quantitative estimate of drug-likeness (QED) is 0.678. The average Bonchev–Trinajstić information content (AvgIpc) is 3.42. The SMILES string of the molecule is O=C(C1CCCC1)N(Cc1ccc(F)cc1F)C[C@@H]1CC(c2ccc(F)cc2)=NO1. The highest BCUT2D eigenvalue weighted by Gasteiger charge is 2.32. The third kappa shape index (κ3) is 4.66. The van der Waals surface area contributed by atoms with Crippen LogP contribution >= 0.6 is 0 Å². The molecule has 0 spiro atoms. The fourth-order valence-corrected chi connectivity index (χ4v) is 4.10. The van der Waals surface area contributed by atoms with Gasteiger partial charge < -0.3 is 9.74 Å². The Bertz CT molecular complexity index is 940. The van der Waals surface area contributed by atoms with Gasteiger partial charge >= 0.3 is 0 Å². The van der Waals surface area contributed by atoms with Gasteiger partial charge in [-0.05, 0) is 36.6 Å². The highest BCUT2D eigenvalue weighted by Crippen LogP contribution is 2.28. The van der Waals surface area contributed by atoms with Crippen molar-refractivity contribution >= 4 is 11.6 Å². The lowest BCUT2D eigenvalue weighted by molar-refractivity contribution is -0.137. The van der Waals surface area contributed by atoms with E-state index in [9.17, 15) is 18.0 Å². The second-order valence-electron chi connectivity index (χ2n) is 7.91. The Morgan fingerprint density at radius 1 is 1.03 bits per heavy atom. The van der Waals surface area contributed by atoms with Crippen molar-refractivity contribution in [1.29, 1.82) is 0 Å². The lowest BCUT2D eigenvalue weighted by Gasteiger charge is -2.27. The van der Waals surface area contributed by atoms with Crippen molar-refractivity contribution in [2.75, 3.05) is 6.54 Å². The van der Waals surface area contributed by atoms with Crippen LogP contribution < -0.4 is 0 Å². The van der Waals surface area contributed by atoms with Crippen molar-refractivity contribution in [3.8, 4) is 0 Å². The Balaban J connectivity index is 1.47. The number of hydrogen-bond donors (Lipinski definition) is 0. The lowest BCUT2D eigenvalue weighted by atomic mass is 10.0. The first-order valence-corrected chi connectivity index (χ1v) is 10.2. The molecule has 1 saturated carbocycles. The molecule has 1 heterocycles. The van der Waals surface area contributed by atoms with E-state index >= 15 is 0 Å². The summed E-state index contributed by atoms with van der Waals surface area (Å²) in [6, 6.07) is 9.38.